The first-order valence-corrected chi connectivity index (χ1v) is 4.80. The first kappa shape index (κ1) is 11.2. The molecule has 7 heteroatoms. The van der Waals surface area contributed by atoms with Crippen molar-refractivity contribution in [3.8, 4) is 5.06 Å². The topological polar surface area (TPSA) is 88.0 Å². The Labute approximate surface area is 89.2 Å². The molecule has 1 heterocycles. The number of hydrogen-bond donors (Lipinski definition) is 2. The van der Waals surface area contributed by atoms with Crippen molar-refractivity contribution < 1.29 is 19.5 Å². The lowest BCUT2D eigenvalue weighted by molar-refractivity contribution is -0.137. The average Bonchev–Trinajstić information content (AvgIpc) is 2.67. The first-order chi connectivity index (χ1) is 7.18. The van der Waals surface area contributed by atoms with Crippen LogP contribution in [0.3, 0.4) is 0 Å². The highest BCUT2D eigenvalue weighted by molar-refractivity contribution is 7.11. The second kappa shape index (κ2) is 5.76. The predicted octanol–water partition coefficient (Wildman–Crippen LogP) is 0.313. The Morgan fingerprint density at radius 2 is 2.47 bits per heavy atom. The number of nitrogens with one attached hydrogen (secondary N) is 1. The number of rotatable bonds is 5. The number of aliphatic carboxylic acids is 1. The normalized spacial score (nSPS) is 10.1. The molecule has 0 saturated carbocycles. The molecule has 2 N–H and O–H groups in total. The largest absolute Gasteiger partial charge is 0.480 e. The van der Waals surface area contributed by atoms with Gasteiger partial charge in [0.15, 0.2) is 0 Å². The van der Waals surface area contributed by atoms with Gasteiger partial charge in [0.25, 0.3) is 5.91 Å². The second-order valence-corrected chi connectivity index (χ2v) is 3.28. The van der Waals surface area contributed by atoms with E-state index in [-0.39, 0.29) is 0 Å². The van der Waals surface area contributed by atoms with E-state index in [1.54, 1.807) is 17.5 Å². The fourth-order valence-electron chi connectivity index (χ4n) is 0.650. The molecule has 0 unspecified atom stereocenters. The van der Waals surface area contributed by atoms with Crippen LogP contribution in [-0.2, 0) is 9.59 Å². The van der Waals surface area contributed by atoms with Crippen molar-refractivity contribution in [1.82, 2.24) is 5.32 Å². The van der Waals surface area contributed by atoms with Crippen LogP contribution in [0.4, 0.5) is 0 Å². The number of oxime groups is 1. The van der Waals surface area contributed by atoms with Crippen LogP contribution in [0.1, 0.15) is 0 Å². The van der Waals surface area contributed by atoms with Crippen LogP contribution in [0, 0.1) is 0 Å². The van der Waals surface area contributed by atoms with Gasteiger partial charge >= 0.3 is 5.97 Å². The van der Waals surface area contributed by atoms with Crippen LogP contribution in [0.2, 0.25) is 0 Å². The van der Waals surface area contributed by atoms with Crippen molar-refractivity contribution in [3.05, 3.63) is 17.5 Å². The zero-order chi connectivity index (χ0) is 11.1. The van der Waals surface area contributed by atoms with Crippen LogP contribution >= 0.6 is 11.3 Å². The highest BCUT2D eigenvalue weighted by Crippen LogP contribution is 2.17. The summed E-state index contributed by atoms with van der Waals surface area (Å²) in [5.41, 5.74) is 0. The summed E-state index contributed by atoms with van der Waals surface area (Å²) in [4.78, 5) is 25.8. The van der Waals surface area contributed by atoms with Crippen molar-refractivity contribution in [3.63, 3.8) is 0 Å². The van der Waals surface area contributed by atoms with E-state index in [1.165, 1.54) is 11.3 Å². The minimum absolute atomic E-state index is 0.441. The van der Waals surface area contributed by atoms with E-state index in [2.05, 4.69) is 10.5 Å². The molecular formula is C8H8N2O4S. The van der Waals surface area contributed by atoms with Gasteiger partial charge in [0.1, 0.15) is 12.8 Å². The van der Waals surface area contributed by atoms with E-state index < -0.39 is 18.4 Å². The van der Waals surface area contributed by atoms with Crippen molar-refractivity contribution in [1.29, 1.82) is 0 Å². The van der Waals surface area contributed by atoms with E-state index in [9.17, 15) is 9.59 Å². The van der Waals surface area contributed by atoms with Gasteiger partial charge in [-0.25, -0.2) is 0 Å². The summed E-state index contributed by atoms with van der Waals surface area (Å²) in [6, 6.07) is 3.47. The smallest absolute Gasteiger partial charge is 0.322 e. The highest BCUT2D eigenvalue weighted by atomic mass is 32.1. The number of nitrogens with zero attached hydrogens (tertiary/aromatic N) is 1. The predicted molar refractivity (Wildman–Crippen MR) is 54.1 cm³/mol. The van der Waals surface area contributed by atoms with Gasteiger partial charge < -0.3 is 15.3 Å². The minimum Gasteiger partial charge on any atom is -0.480 e. The number of carboxylic acids is 1. The van der Waals surface area contributed by atoms with Crippen molar-refractivity contribution >= 4 is 29.4 Å². The summed E-state index contributed by atoms with van der Waals surface area (Å²) in [7, 11) is 0. The number of amides is 1. The molecule has 6 nitrogen and oxygen atoms in total. The van der Waals surface area contributed by atoms with Gasteiger partial charge in [-0.1, -0.05) is 5.16 Å². The third-order valence-electron chi connectivity index (χ3n) is 1.22. The van der Waals surface area contributed by atoms with Crippen LogP contribution < -0.4 is 10.2 Å². The number of thiophene rings is 1. The Morgan fingerprint density at radius 3 is 3.07 bits per heavy atom. The zero-order valence-electron chi connectivity index (χ0n) is 7.54. The molecule has 0 aliphatic carbocycles. The molecule has 0 aromatic carbocycles. The van der Waals surface area contributed by atoms with E-state index in [0.29, 0.717) is 5.06 Å². The Balaban J connectivity index is 2.26. The van der Waals surface area contributed by atoms with Gasteiger partial charge in [-0.15, -0.1) is 11.3 Å². The molecule has 1 aromatic rings. The lowest BCUT2D eigenvalue weighted by Gasteiger charge is -1.95. The molecule has 0 atom stereocenters. The van der Waals surface area contributed by atoms with Crippen molar-refractivity contribution in [2.24, 2.45) is 5.16 Å². The summed E-state index contributed by atoms with van der Waals surface area (Å²) in [5, 5.41) is 16.1. The van der Waals surface area contributed by atoms with Gasteiger partial charge in [0.2, 0.25) is 5.06 Å². The minimum atomic E-state index is -1.11. The monoisotopic (exact) mass is 228 g/mol. The fraction of sp³-hybridized carbons (Fsp3) is 0.125. The maximum atomic E-state index is 10.9. The molecule has 0 aliphatic heterocycles. The van der Waals surface area contributed by atoms with Crippen molar-refractivity contribution in [2.45, 2.75) is 0 Å². The lowest BCUT2D eigenvalue weighted by atomic mass is 10.6. The Kier molecular flexibility index (Phi) is 4.30. The molecule has 80 valence electrons. The van der Waals surface area contributed by atoms with Gasteiger partial charge in [-0.2, -0.15) is 0 Å². The summed E-state index contributed by atoms with van der Waals surface area (Å²) in [6.07, 6.45) is 0.878. The molecule has 1 aromatic heterocycles. The van der Waals surface area contributed by atoms with Gasteiger partial charge in [-0.3, -0.25) is 9.59 Å². The quantitative estimate of drug-likeness (QED) is 0.561. The first-order valence-electron chi connectivity index (χ1n) is 3.92. The van der Waals surface area contributed by atoms with Crippen molar-refractivity contribution in [2.75, 3.05) is 6.54 Å². The fourth-order valence-corrected chi connectivity index (χ4v) is 1.18. The number of hydrogen-bond acceptors (Lipinski definition) is 5. The van der Waals surface area contributed by atoms with Gasteiger partial charge in [-0.05, 0) is 17.5 Å². The number of carboxylic acid groups (broad SMARTS) is 1. The molecule has 0 saturated heterocycles. The highest BCUT2D eigenvalue weighted by Gasteiger charge is 2.00. The van der Waals surface area contributed by atoms with E-state index in [4.69, 9.17) is 9.94 Å². The standard InChI is InChI=1S/C8H8N2O4S/c11-6(9-5-7(12)13)4-10-14-8-2-1-3-15-8/h1-4H,5H2,(H,9,11)(H,12,13). The van der Waals surface area contributed by atoms with Crippen LogP contribution in [0.25, 0.3) is 0 Å². The van der Waals surface area contributed by atoms with Gasteiger partial charge in [0, 0.05) is 0 Å². The molecule has 1 rings (SSSR count). The van der Waals surface area contributed by atoms with E-state index in [1.807, 2.05) is 0 Å². The van der Waals surface area contributed by atoms with Crippen LogP contribution in [-0.4, -0.2) is 29.7 Å². The Bertz CT molecular complexity index is 361. The van der Waals surface area contributed by atoms with Gasteiger partial charge in [0.05, 0.1) is 0 Å². The maximum absolute atomic E-state index is 10.9. The summed E-state index contributed by atoms with van der Waals surface area (Å²) in [6.45, 7) is -0.441. The lowest BCUT2D eigenvalue weighted by Crippen LogP contribution is -2.30. The third-order valence-corrected chi connectivity index (χ3v) is 1.96. The van der Waals surface area contributed by atoms with Crippen LogP contribution in [0.15, 0.2) is 22.7 Å². The SMILES string of the molecule is O=C(O)CNC(=O)C=NOc1cccs1. The average molecular weight is 228 g/mol. The molecular weight excluding hydrogens is 220 g/mol. The number of carbonyl (C=O) groups excluding carboxylic acids is 1. The summed E-state index contributed by atoms with van der Waals surface area (Å²) >= 11 is 1.33. The van der Waals surface area contributed by atoms with E-state index in [0.717, 1.165) is 6.21 Å². The molecule has 0 radical (unpaired) electrons. The molecule has 1 amide bonds. The number of carbonyl (C=O) groups is 2. The molecule has 0 fully saturated rings. The van der Waals surface area contributed by atoms with Crippen LogP contribution in [0.5, 0.6) is 5.06 Å². The molecule has 0 aliphatic rings. The zero-order valence-corrected chi connectivity index (χ0v) is 8.36. The molecule has 0 spiro atoms. The Hall–Kier alpha value is -1.89. The molecule has 15 heavy (non-hydrogen) atoms. The third kappa shape index (κ3) is 4.77. The second-order valence-electron chi connectivity index (χ2n) is 2.37. The summed E-state index contributed by atoms with van der Waals surface area (Å²) < 4.78 is 0. The summed E-state index contributed by atoms with van der Waals surface area (Å²) in [5.74, 6) is -1.73. The van der Waals surface area contributed by atoms with E-state index >= 15 is 0 Å². The maximum Gasteiger partial charge on any atom is 0.322 e. The Morgan fingerprint density at radius 1 is 1.67 bits per heavy atom. The molecule has 0 bridgehead atoms.